The van der Waals surface area contributed by atoms with Crippen LogP contribution in [0, 0.1) is 12.7 Å². The third kappa shape index (κ3) is 4.26. The Bertz CT molecular complexity index is 1420. The molecule has 1 atom stereocenters. The zero-order valence-electron chi connectivity index (χ0n) is 18.5. The van der Waals surface area contributed by atoms with E-state index in [1.54, 1.807) is 51.9 Å². The lowest BCUT2D eigenvalue weighted by Gasteiger charge is -2.30. The molecule has 4 aromatic rings. The van der Waals surface area contributed by atoms with E-state index in [1.165, 1.54) is 18.2 Å². The normalized spacial score (nSPS) is 12.0. The molecule has 3 aromatic carbocycles. The summed E-state index contributed by atoms with van der Waals surface area (Å²) in [6.07, 6.45) is 0. The Morgan fingerprint density at radius 1 is 1.12 bits per heavy atom. The number of rotatable bonds is 5. The minimum absolute atomic E-state index is 0.234. The fourth-order valence-corrected chi connectivity index (χ4v) is 4.28. The summed E-state index contributed by atoms with van der Waals surface area (Å²) in [5.74, 6) is -0.413. The number of carbonyl (C=O) groups excluding carboxylic acids is 1. The van der Waals surface area contributed by atoms with Gasteiger partial charge in [-0.15, -0.1) is 0 Å². The highest BCUT2D eigenvalue weighted by atomic mass is 35.5. The average Bonchev–Trinajstić information content (AvgIpc) is 2.80. The molecule has 1 unspecified atom stereocenters. The average molecular weight is 464 g/mol. The van der Waals surface area contributed by atoms with E-state index in [9.17, 15) is 14.0 Å². The Morgan fingerprint density at radius 2 is 1.88 bits per heavy atom. The molecule has 1 aromatic heterocycles. The van der Waals surface area contributed by atoms with Gasteiger partial charge in [0.1, 0.15) is 11.6 Å². The van der Waals surface area contributed by atoms with Crippen LogP contribution < -0.4 is 5.56 Å². The molecule has 0 aliphatic heterocycles. The van der Waals surface area contributed by atoms with Gasteiger partial charge in [0.25, 0.3) is 11.5 Å². The lowest BCUT2D eigenvalue weighted by atomic mass is 10.1. The zero-order chi connectivity index (χ0) is 23.7. The molecule has 5 nitrogen and oxygen atoms in total. The predicted octanol–water partition coefficient (Wildman–Crippen LogP) is 5.71. The summed E-state index contributed by atoms with van der Waals surface area (Å²) in [6, 6.07) is 17.4. The van der Waals surface area contributed by atoms with Gasteiger partial charge in [0.2, 0.25) is 0 Å². The summed E-state index contributed by atoms with van der Waals surface area (Å²) in [6.45, 7) is 5.87. The fraction of sp³-hybridized carbons (Fsp3) is 0.192. The Balaban J connectivity index is 1.93. The van der Waals surface area contributed by atoms with Gasteiger partial charge in [-0.2, -0.15) is 0 Å². The molecule has 4 rings (SSSR count). The summed E-state index contributed by atoms with van der Waals surface area (Å²) >= 11 is 6.15. The monoisotopic (exact) mass is 463 g/mol. The van der Waals surface area contributed by atoms with Gasteiger partial charge in [0, 0.05) is 17.1 Å². The van der Waals surface area contributed by atoms with Gasteiger partial charge in [-0.05, 0) is 74.9 Å². The van der Waals surface area contributed by atoms with E-state index < -0.39 is 11.9 Å². The predicted molar refractivity (Wildman–Crippen MR) is 129 cm³/mol. The molecule has 7 heteroatoms. The summed E-state index contributed by atoms with van der Waals surface area (Å²) in [7, 11) is 0. The minimum atomic E-state index is -0.571. The van der Waals surface area contributed by atoms with Crippen LogP contribution in [0.3, 0.4) is 0 Å². The number of aromatic nitrogens is 2. The smallest absolute Gasteiger partial charge is 0.266 e. The maximum atomic E-state index is 13.8. The summed E-state index contributed by atoms with van der Waals surface area (Å²) in [4.78, 5) is 33.3. The first kappa shape index (κ1) is 22.7. The topological polar surface area (TPSA) is 55.2 Å². The molecule has 0 N–H and O–H groups in total. The van der Waals surface area contributed by atoms with Crippen LogP contribution in [-0.2, 0) is 0 Å². The van der Waals surface area contributed by atoms with E-state index in [-0.39, 0.29) is 17.0 Å². The molecular weight excluding hydrogens is 441 g/mol. The molecule has 0 spiro atoms. The molecule has 1 amide bonds. The Hall–Kier alpha value is -3.51. The highest BCUT2D eigenvalue weighted by Gasteiger charge is 2.27. The lowest BCUT2D eigenvalue weighted by Crippen LogP contribution is -2.37. The largest absolute Gasteiger partial charge is 0.329 e. The van der Waals surface area contributed by atoms with Crippen LogP contribution in [0.25, 0.3) is 16.6 Å². The number of hydrogen-bond donors (Lipinski definition) is 0. The molecule has 0 aliphatic carbocycles. The van der Waals surface area contributed by atoms with Gasteiger partial charge >= 0.3 is 0 Å². The number of nitrogens with zero attached hydrogens (tertiary/aromatic N) is 3. The lowest BCUT2D eigenvalue weighted by molar-refractivity contribution is 0.0692. The Morgan fingerprint density at radius 3 is 2.58 bits per heavy atom. The second-order valence-electron chi connectivity index (χ2n) is 7.84. The minimum Gasteiger partial charge on any atom is -0.329 e. The number of halogens is 2. The van der Waals surface area contributed by atoms with Crippen molar-refractivity contribution in [2.75, 3.05) is 6.54 Å². The molecular formula is C26H23ClFN3O2. The van der Waals surface area contributed by atoms with Crippen molar-refractivity contribution in [1.29, 1.82) is 0 Å². The van der Waals surface area contributed by atoms with Crippen molar-refractivity contribution in [1.82, 2.24) is 14.5 Å². The third-order valence-electron chi connectivity index (χ3n) is 5.72. The van der Waals surface area contributed by atoms with Gasteiger partial charge in [0.05, 0.1) is 22.6 Å². The second-order valence-corrected chi connectivity index (χ2v) is 8.27. The van der Waals surface area contributed by atoms with Crippen LogP contribution in [0.2, 0.25) is 5.02 Å². The number of fused-ring (bicyclic) bond motifs is 1. The number of benzene rings is 3. The molecule has 0 saturated carbocycles. The van der Waals surface area contributed by atoms with Gasteiger partial charge in [-0.3, -0.25) is 14.2 Å². The SMILES string of the molecule is CCN(C(=O)c1cccc(F)c1)C(C)c1nc2ccccc2c(=O)n1-c1ccc(Cl)cc1C. The molecule has 168 valence electrons. The highest BCUT2D eigenvalue weighted by Crippen LogP contribution is 2.26. The van der Waals surface area contributed by atoms with Crippen LogP contribution in [0.5, 0.6) is 0 Å². The maximum Gasteiger partial charge on any atom is 0.266 e. The summed E-state index contributed by atoms with van der Waals surface area (Å²) in [5.41, 5.74) is 1.98. The van der Waals surface area contributed by atoms with Crippen molar-refractivity contribution >= 4 is 28.4 Å². The molecule has 0 bridgehead atoms. The van der Waals surface area contributed by atoms with Crippen LogP contribution in [-0.4, -0.2) is 26.9 Å². The fourth-order valence-electron chi connectivity index (χ4n) is 4.05. The number of aryl methyl sites for hydroxylation is 1. The summed E-state index contributed by atoms with van der Waals surface area (Å²) in [5, 5.41) is 1.03. The van der Waals surface area contributed by atoms with Crippen LogP contribution in [0.1, 0.15) is 41.6 Å². The maximum absolute atomic E-state index is 13.8. The van der Waals surface area contributed by atoms with Crippen molar-refractivity contribution in [2.24, 2.45) is 0 Å². The van der Waals surface area contributed by atoms with Gasteiger partial charge < -0.3 is 4.90 Å². The van der Waals surface area contributed by atoms with Crippen molar-refractivity contribution in [3.63, 3.8) is 0 Å². The van der Waals surface area contributed by atoms with E-state index in [2.05, 4.69) is 0 Å². The molecule has 0 aliphatic rings. The highest BCUT2D eigenvalue weighted by molar-refractivity contribution is 6.30. The molecule has 0 saturated heterocycles. The van der Waals surface area contributed by atoms with Gasteiger partial charge in [-0.1, -0.05) is 29.8 Å². The van der Waals surface area contributed by atoms with Gasteiger partial charge in [-0.25, -0.2) is 9.37 Å². The van der Waals surface area contributed by atoms with Crippen molar-refractivity contribution in [2.45, 2.75) is 26.8 Å². The first-order valence-electron chi connectivity index (χ1n) is 10.7. The molecule has 1 heterocycles. The van der Waals surface area contributed by atoms with Crippen LogP contribution >= 0.6 is 11.6 Å². The third-order valence-corrected chi connectivity index (χ3v) is 5.95. The van der Waals surface area contributed by atoms with Crippen molar-refractivity contribution in [3.05, 3.63) is 105 Å². The number of para-hydroxylation sites is 1. The van der Waals surface area contributed by atoms with Crippen molar-refractivity contribution < 1.29 is 9.18 Å². The van der Waals surface area contributed by atoms with E-state index in [4.69, 9.17) is 16.6 Å². The van der Waals surface area contributed by atoms with E-state index in [0.29, 0.717) is 34.0 Å². The van der Waals surface area contributed by atoms with E-state index >= 15 is 0 Å². The Labute approximate surface area is 196 Å². The number of amides is 1. The van der Waals surface area contributed by atoms with Crippen LogP contribution in [0.4, 0.5) is 4.39 Å². The quantitative estimate of drug-likeness (QED) is 0.381. The van der Waals surface area contributed by atoms with Crippen LogP contribution in [0.15, 0.2) is 71.5 Å². The first-order chi connectivity index (χ1) is 15.8. The molecule has 33 heavy (non-hydrogen) atoms. The second kappa shape index (κ2) is 9.16. The van der Waals surface area contributed by atoms with Crippen molar-refractivity contribution in [3.8, 4) is 5.69 Å². The first-order valence-corrected chi connectivity index (χ1v) is 11.0. The number of carbonyl (C=O) groups is 1. The van der Waals surface area contributed by atoms with E-state index in [0.717, 1.165) is 5.56 Å². The number of hydrogen-bond acceptors (Lipinski definition) is 3. The molecule has 0 fully saturated rings. The standard InChI is InChI=1S/C26H23ClFN3O2/c1-4-30(25(32)18-8-7-9-20(28)15-18)17(3)24-29-22-11-6-5-10-21(22)26(33)31(24)23-13-12-19(27)14-16(23)2/h5-15,17H,4H2,1-3H3. The molecule has 0 radical (unpaired) electrons. The Kier molecular flexibility index (Phi) is 6.29. The zero-order valence-corrected chi connectivity index (χ0v) is 19.3. The van der Waals surface area contributed by atoms with Gasteiger partial charge in [0.15, 0.2) is 0 Å². The van der Waals surface area contributed by atoms with E-state index in [1.807, 2.05) is 26.8 Å². The summed E-state index contributed by atoms with van der Waals surface area (Å²) < 4.78 is 15.3.